The number of hydrogen-bond acceptors (Lipinski definition) is 6. The summed E-state index contributed by atoms with van der Waals surface area (Å²) in [7, 11) is 1.42. The zero-order valence-electron chi connectivity index (χ0n) is 16.7. The predicted octanol–water partition coefficient (Wildman–Crippen LogP) is 4.44. The van der Waals surface area contributed by atoms with E-state index >= 15 is 0 Å². The monoisotopic (exact) mass is 432 g/mol. The van der Waals surface area contributed by atoms with Crippen LogP contribution in [0.15, 0.2) is 18.2 Å². The fourth-order valence-corrected chi connectivity index (χ4v) is 5.51. The van der Waals surface area contributed by atoms with E-state index < -0.39 is 0 Å². The Labute approximate surface area is 179 Å². The van der Waals surface area contributed by atoms with E-state index in [-0.39, 0.29) is 18.8 Å². The van der Waals surface area contributed by atoms with E-state index in [1.165, 1.54) is 12.0 Å². The molecule has 2 atom stereocenters. The Morgan fingerprint density at radius 1 is 1.34 bits per heavy atom. The lowest BCUT2D eigenvalue weighted by Crippen LogP contribution is -2.31. The molecule has 1 aromatic carbocycles. The highest BCUT2D eigenvalue weighted by Crippen LogP contribution is 2.40. The average molecular weight is 433 g/mol. The molecule has 6 nitrogen and oxygen atoms in total. The van der Waals surface area contributed by atoms with E-state index in [0.717, 1.165) is 46.9 Å². The number of carbonyl (C=O) groups excluding carboxylic acids is 1. The Kier molecular flexibility index (Phi) is 5.65. The van der Waals surface area contributed by atoms with Gasteiger partial charge in [-0.05, 0) is 67.6 Å². The van der Waals surface area contributed by atoms with E-state index in [1.54, 1.807) is 11.3 Å². The molecule has 0 saturated carbocycles. The number of anilines is 1. The van der Waals surface area contributed by atoms with Gasteiger partial charge in [0.1, 0.15) is 5.00 Å². The minimum absolute atomic E-state index is 0.0410. The Morgan fingerprint density at radius 2 is 2.14 bits per heavy atom. The van der Waals surface area contributed by atoms with E-state index in [2.05, 4.69) is 17.6 Å². The normalized spacial score (nSPS) is 18.0. The van der Waals surface area contributed by atoms with Crippen molar-refractivity contribution in [2.45, 2.75) is 39.2 Å². The average Bonchev–Trinajstić information content (AvgIpc) is 3.30. The third kappa shape index (κ3) is 4.04. The number of fused-ring (bicyclic) bond motifs is 2. The van der Waals surface area contributed by atoms with Crippen LogP contribution in [0.3, 0.4) is 0 Å². The highest BCUT2D eigenvalue weighted by Gasteiger charge is 2.28. The number of nitrogens with one attached hydrogen (secondary N) is 2. The van der Waals surface area contributed by atoms with Crippen LogP contribution >= 0.6 is 23.6 Å². The van der Waals surface area contributed by atoms with Crippen molar-refractivity contribution in [1.82, 2.24) is 5.32 Å². The van der Waals surface area contributed by atoms with Gasteiger partial charge in [0.25, 0.3) is 0 Å². The minimum atomic E-state index is -0.314. The third-order valence-electron chi connectivity index (χ3n) is 5.37. The molecule has 2 aromatic rings. The molecule has 1 aromatic heterocycles. The van der Waals surface area contributed by atoms with Crippen LogP contribution in [-0.2, 0) is 17.6 Å². The van der Waals surface area contributed by atoms with Crippen molar-refractivity contribution in [2.24, 2.45) is 5.92 Å². The molecule has 2 heterocycles. The molecule has 154 valence electrons. The van der Waals surface area contributed by atoms with Crippen LogP contribution in [0, 0.1) is 5.92 Å². The Bertz CT molecular complexity index is 956. The molecule has 0 fully saturated rings. The van der Waals surface area contributed by atoms with Gasteiger partial charge in [0.2, 0.25) is 6.79 Å². The maximum absolute atomic E-state index is 12.4. The zero-order chi connectivity index (χ0) is 20.5. The fraction of sp³-hybridized carbons (Fsp3) is 0.429. The van der Waals surface area contributed by atoms with Crippen LogP contribution in [0.4, 0.5) is 5.00 Å². The molecule has 0 amide bonds. The van der Waals surface area contributed by atoms with Gasteiger partial charge < -0.3 is 24.8 Å². The summed E-state index contributed by atoms with van der Waals surface area (Å²) in [5.41, 5.74) is 2.76. The minimum Gasteiger partial charge on any atom is -0.465 e. The molecule has 2 aliphatic rings. The van der Waals surface area contributed by atoms with Crippen LogP contribution in [0.1, 0.15) is 52.7 Å². The second-order valence-corrected chi connectivity index (χ2v) is 8.99. The number of rotatable bonds is 4. The predicted molar refractivity (Wildman–Crippen MR) is 117 cm³/mol. The summed E-state index contributed by atoms with van der Waals surface area (Å²) < 4.78 is 15.9. The molecular formula is C21H24N2O4S2. The molecule has 0 saturated heterocycles. The van der Waals surface area contributed by atoms with Crippen LogP contribution in [0.2, 0.25) is 0 Å². The topological polar surface area (TPSA) is 68.8 Å². The van der Waals surface area contributed by atoms with E-state index in [0.29, 0.717) is 16.6 Å². The van der Waals surface area contributed by atoms with Crippen molar-refractivity contribution >= 4 is 39.6 Å². The Balaban J connectivity index is 1.50. The summed E-state index contributed by atoms with van der Waals surface area (Å²) in [4.78, 5) is 13.7. The molecule has 4 rings (SSSR count). The Hall–Kier alpha value is -2.32. The van der Waals surface area contributed by atoms with Gasteiger partial charge in [0.15, 0.2) is 16.6 Å². The summed E-state index contributed by atoms with van der Waals surface area (Å²) in [5, 5.41) is 7.74. The van der Waals surface area contributed by atoms with Gasteiger partial charge in [0, 0.05) is 4.88 Å². The summed E-state index contributed by atoms with van der Waals surface area (Å²) in [6.07, 6.45) is 2.96. The molecule has 0 spiro atoms. The third-order valence-corrected chi connectivity index (χ3v) is 6.76. The number of methoxy groups -OCH3 is 1. The second-order valence-electron chi connectivity index (χ2n) is 7.48. The number of esters is 1. The molecular weight excluding hydrogens is 408 g/mol. The van der Waals surface area contributed by atoms with Crippen LogP contribution < -0.4 is 20.1 Å². The van der Waals surface area contributed by atoms with E-state index in [4.69, 9.17) is 26.4 Å². The molecule has 2 unspecified atom stereocenters. The number of thiophene rings is 1. The van der Waals surface area contributed by atoms with Crippen LogP contribution in [0.25, 0.3) is 0 Å². The molecule has 29 heavy (non-hydrogen) atoms. The second kappa shape index (κ2) is 8.20. The largest absolute Gasteiger partial charge is 0.465 e. The zero-order valence-corrected chi connectivity index (χ0v) is 18.3. The molecule has 1 aliphatic heterocycles. The summed E-state index contributed by atoms with van der Waals surface area (Å²) in [6.45, 7) is 4.51. The van der Waals surface area contributed by atoms with Crippen molar-refractivity contribution < 1.29 is 19.0 Å². The van der Waals surface area contributed by atoms with E-state index in [1.807, 2.05) is 25.1 Å². The number of ether oxygens (including phenoxy) is 3. The standard InChI is InChI=1S/C21H24N2O4S2/c1-11-4-6-14-17(8-11)29-19(18(14)20(24)25-3)23-21(28)22-12(2)13-5-7-15-16(9-13)27-10-26-15/h5,7,9,11-12H,4,6,8,10H2,1-3H3,(H2,22,23,28). The lowest BCUT2D eigenvalue weighted by molar-refractivity contribution is 0.0601. The Morgan fingerprint density at radius 3 is 2.93 bits per heavy atom. The summed E-state index contributed by atoms with van der Waals surface area (Å²) >= 11 is 7.14. The van der Waals surface area contributed by atoms with Crippen LogP contribution in [-0.4, -0.2) is 25.0 Å². The summed E-state index contributed by atoms with van der Waals surface area (Å²) in [6, 6.07) is 5.80. The molecule has 2 N–H and O–H groups in total. The number of thiocarbonyl (C=S) groups is 1. The van der Waals surface area contributed by atoms with Crippen molar-refractivity contribution in [3.05, 3.63) is 39.8 Å². The molecule has 0 radical (unpaired) electrons. The van der Waals surface area contributed by atoms with Gasteiger partial charge in [-0.25, -0.2) is 4.79 Å². The molecule has 0 bridgehead atoms. The van der Waals surface area contributed by atoms with Gasteiger partial charge in [-0.3, -0.25) is 0 Å². The fourth-order valence-electron chi connectivity index (χ4n) is 3.76. The van der Waals surface area contributed by atoms with Gasteiger partial charge in [-0.15, -0.1) is 11.3 Å². The SMILES string of the molecule is COC(=O)c1c(NC(=S)NC(C)c2ccc3c(c2)OCO3)sc2c1CCC(C)C2. The maximum Gasteiger partial charge on any atom is 0.341 e. The first-order valence-electron chi connectivity index (χ1n) is 9.66. The maximum atomic E-state index is 12.4. The summed E-state index contributed by atoms with van der Waals surface area (Å²) in [5.74, 6) is 1.80. The number of benzene rings is 1. The lowest BCUT2D eigenvalue weighted by Gasteiger charge is -2.18. The first kappa shape index (κ1) is 20.0. The van der Waals surface area contributed by atoms with E-state index in [9.17, 15) is 4.79 Å². The van der Waals surface area contributed by atoms with Crippen molar-refractivity contribution in [2.75, 3.05) is 19.2 Å². The first-order valence-corrected chi connectivity index (χ1v) is 10.9. The number of carbonyl (C=O) groups is 1. The van der Waals surface area contributed by atoms with Crippen molar-refractivity contribution in [3.8, 4) is 11.5 Å². The highest BCUT2D eigenvalue weighted by molar-refractivity contribution is 7.80. The lowest BCUT2D eigenvalue weighted by atomic mass is 9.88. The number of hydrogen-bond donors (Lipinski definition) is 2. The molecule has 8 heteroatoms. The molecule has 1 aliphatic carbocycles. The van der Waals surface area contributed by atoms with Gasteiger partial charge >= 0.3 is 5.97 Å². The van der Waals surface area contributed by atoms with Crippen molar-refractivity contribution in [1.29, 1.82) is 0 Å². The van der Waals surface area contributed by atoms with Gasteiger partial charge in [0.05, 0.1) is 18.7 Å². The first-order chi connectivity index (χ1) is 14.0. The highest BCUT2D eigenvalue weighted by atomic mass is 32.1. The quantitative estimate of drug-likeness (QED) is 0.547. The van der Waals surface area contributed by atoms with Gasteiger partial charge in [-0.1, -0.05) is 13.0 Å². The van der Waals surface area contributed by atoms with Crippen molar-refractivity contribution in [3.63, 3.8) is 0 Å². The smallest absolute Gasteiger partial charge is 0.341 e. The van der Waals surface area contributed by atoms with Gasteiger partial charge in [-0.2, -0.15) is 0 Å². The van der Waals surface area contributed by atoms with Crippen LogP contribution in [0.5, 0.6) is 11.5 Å².